The van der Waals surface area contributed by atoms with Crippen molar-refractivity contribution in [1.29, 1.82) is 0 Å². The van der Waals surface area contributed by atoms with Gasteiger partial charge in [-0.2, -0.15) is 0 Å². The molecule has 0 saturated heterocycles. The van der Waals surface area contributed by atoms with E-state index in [0.717, 1.165) is 0 Å². The van der Waals surface area contributed by atoms with E-state index in [1.54, 1.807) is 12.1 Å². The highest BCUT2D eigenvalue weighted by molar-refractivity contribution is 9.08. The zero-order chi connectivity index (χ0) is 12.3. The first-order chi connectivity index (χ1) is 7.25. The van der Waals surface area contributed by atoms with E-state index < -0.39 is 0 Å². The van der Waals surface area contributed by atoms with Crippen molar-refractivity contribution < 1.29 is 4.39 Å². The van der Waals surface area contributed by atoms with Crippen molar-refractivity contribution in [3.63, 3.8) is 0 Å². The SMILES string of the molecule is CC.CC.Fc1c(Cl)cccc1CNBr. The molecular weight excluding hydrogens is 280 g/mol. The van der Waals surface area contributed by atoms with Crippen LogP contribution in [0, 0.1) is 5.82 Å². The molecule has 88 valence electrons. The van der Waals surface area contributed by atoms with Crippen molar-refractivity contribution >= 4 is 27.7 Å². The molecule has 0 amide bonds. The van der Waals surface area contributed by atoms with E-state index in [1.165, 1.54) is 6.07 Å². The van der Waals surface area contributed by atoms with E-state index in [9.17, 15) is 4.39 Å². The minimum atomic E-state index is -0.360. The summed E-state index contributed by atoms with van der Waals surface area (Å²) >= 11 is 8.52. The van der Waals surface area contributed by atoms with Gasteiger partial charge in [0.05, 0.1) is 5.02 Å². The Bertz CT molecular complexity index is 256. The number of hydrogen-bond donors (Lipinski definition) is 1. The van der Waals surface area contributed by atoms with Gasteiger partial charge in [-0.3, -0.25) is 4.34 Å². The molecular formula is C11H18BrClFN. The van der Waals surface area contributed by atoms with Crippen LogP contribution in [0.3, 0.4) is 0 Å². The molecule has 15 heavy (non-hydrogen) atoms. The van der Waals surface area contributed by atoms with E-state index >= 15 is 0 Å². The van der Waals surface area contributed by atoms with Gasteiger partial charge in [-0.15, -0.1) is 0 Å². The smallest absolute Gasteiger partial charge is 0.146 e. The molecule has 4 heteroatoms. The molecule has 0 aliphatic carbocycles. The van der Waals surface area contributed by atoms with E-state index in [-0.39, 0.29) is 10.8 Å². The topological polar surface area (TPSA) is 12.0 Å². The molecule has 0 heterocycles. The quantitative estimate of drug-likeness (QED) is 0.763. The fourth-order valence-corrected chi connectivity index (χ4v) is 1.25. The third-order valence-electron chi connectivity index (χ3n) is 1.29. The predicted molar refractivity (Wildman–Crippen MR) is 69.9 cm³/mol. The Labute approximate surface area is 105 Å². The predicted octanol–water partition coefficient (Wildman–Crippen LogP) is 4.93. The maximum Gasteiger partial charge on any atom is 0.146 e. The third-order valence-corrected chi connectivity index (χ3v) is 1.86. The molecule has 0 fully saturated rings. The van der Waals surface area contributed by atoms with Crippen molar-refractivity contribution in [3.8, 4) is 0 Å². The summed E-state index contributed by atoms with van der Waals surface area (Å²) < 4.78 is 15.7. The second kappa shape index (κ2) is 12.0. The molecule has 1 N–H and O–H groups in total. The maximum absolute atomic E-state index is 13.0. The molecule has 1 nitrogen and oxygen atoms in total. The lowest BCUT2D eigenvalue weighted by atomic mass is 10.2. The van der Waals surface area contributed by atoms with Crippen LogP contribution in [-0.4, -0.2) is 0 Å². The van der Waals surface area contributed by atoms with Crippen LogP contribution in [0.4, 0.5) is 4.39 Å². The monoisotopic (exact) mass is 297 g/mol. The summed E-state index contributed by atoms with van der Waals surface area (Å²) in [6.07, 6.45) is 0. The first-order valence-electron chi connectivity index (χ1n) is 5.02. The molecule has 0 saturated carbocycles. The maximum atomic E-state index is 13.0. The van der Waals surface area contributed by atoms with Gasteiger partial charge in [-0.25, -0.2) is 4.39 Å². The van der Waals surface area contributed by atoms with Gasteiger partial charge in [0.2, 0.25) is 0 Å². The third kappa shape index (κ3) is 6.88. The largest absolute Gasteiger partial charge is 0.251 e. The van der Waals surface area contributed by atoms with Gasteiger partial charge in [-0.05, 0) is 6.07 Å². The number of halogens is 3. The molecule has 0 aliphatic rings. The van der Waals surface area contributed by atoms with Crippen LogP contribution in [0.1, 0.15) is 33.3 Å². The molecule has 0 unspecified atom stereocenters. The van der Waals surface area contributed by atoms with Crippen LogP contribution in [-0.2, 0) is 6.54 Å². The van der Waals surface area contributed by atoms with Gasteiger partial charge >= 0.3 is 0 Å². The number of nitrogens with one attached hydrogen (secondary N) is 1. The summed E-state index contributed by atoms with van der Waals surface area (Å²) in [4.78, 5) is 0. The fourth-order valence-electron chi connectivity index (χ4n) is 0.757. The number of rotatable bonds is 2. The highest BCUT2D eigenvalue weighted by atomic mass is 79.9. The Morgan fingerprint density at radius 2 is 1.80 bits per heavy atom. The second-order valence-corrected chi connectivity index (χ2v) is 2.99. The molecule has 0 spiro atoms. The van der Waals surface area contributed by atoms with Crippen molar-refractivity contribution in [2.45, 2.75) is 34.2 Å². The summed E-state index contributed by atoms with van der Waals surface area (Å²) in [5.41, 5.74) is 0.550. The summed E-state index contributed by atoms with van der Waals surface area (Å²) in [5, 5.41) is 0.158. The lowest BCUT2D eigenvalue weighted by molar-refractivity contribution is 0.609. The van der Waals surface area contributed by atoms with Crippen LogP contribution < -0.4 is 4.34 Å². The average molecular weight is 299 g/mol. The zero-order valence-electron chi connectivity index (χ0n) is 9.57. The molecule has 1 aromatic carbocycles. The van der Waals surface area contributed by atoms with Gasteiger partial charge in [0, 0.05) is 28.3 Å². The molecule has 0 bridgehead atoms. The molecule has 0 radical (unpaired) electrons. The lowest BCUT2D eigenvalue weighted by Gasteiger charge is -2.01. The van der Waals surface area contributed by atoms with Crippen molar-refractivity contribution in [2.75, 3.05) is 0 Å². The van der Waals surface area contributed by atoms with Gasteiger partial charge in [0.1, 0.15) is 5.82 Å². The van der Waals surface area contributed by atoms with Crippen molar-refractivity contribution in [1.82, 2.24) is 4.34 Å². The van der Waals surface area contributed by atoms with Crippen LogP contribution in [0.25, 0.3) is 0 Å². The first-order valence-corrected chi connectivity index (χ1v) is 6.19. The Hall–Kier alpha value is -0.120. The van der Waals surface area contributed by atoms with Gasteiger partial charge in [-0.1, -0.05) is 51.4 Å². The van der Waals surface area contributed by atoms with Gasteiger partial charge < -0.3 is 0 Å². The second-order valence-electron chi connectivity index (χ2n) is 2.02. The van der Waals surface area contributed by atoms with Crippen LogP contribution >= 0.6 is 27.7 Å². The fraction of sp³-hybridized carbons (Fsp3) is 0.455. The zero-order valence-corrected chi connectivity index (χ0v) is 11.9. The number of benzene rings is 1. The lowest BCUT2D eigenvalue weighted by Crippen LogP contribution is -2.00. The first kappa shape index (κ1) is 17.3. The Morgan fingerprint density at radius 1 is 1.27 bits per heavy atom. The summed E-state index contributed by atoms with van der Waals surface area (Å²) in [7, 11) is 0. The van der Waals surface area contributed by atoms with Gasteiger partial charge in [0.25, 0.3) is 0 Å². The Morgan fingerprint density at radius 3 is 2.27 bits per heavy atom. The van der Waals surface area contributed by atoms with E-state index in [2.05, 4.69) is 20.5 Å². The Kier molecular flexibility index (Phi) is 13.8. The normalized spacial score (nSPS) is 8.20. The minimum Gasteiger partial charge on any atom is -0.251 e. The van der Waals surface area contributed by atoms with Gasteiger partial charge in [0.15, 0.2) is 0 Å². The average Bonchev–Trinajstić information content (AvgIpc) is 2.31. The summed E-state index contributed by atoms with van der Waals surface area (Å²) in [6.45, 7) is 8.42. The van der Waals surface area contributed by atoms with E-state index in [0.29, 0.717) is 12.1 Å². The van der Waals surface area contributed by atoms with E-state index in [4.69, 9.17) is 11.6 Å². The van der Waals surface area contributed by atoms with Crippen LogP contribution in [0.15, 0.2) is 18.2 Å². The minimum absolute atomic E-state index is 0.158. The summed E-state index contributed by atoms with van der Waals surface area (Å²) in [6, 6.07) is 4.91. The molecule has 0 aliphatic heterocycles. The molecule has 1 rings (SSSR count). The highest BCUT2D eigenvalue weighted by Gasteiger charge is 2.03. The molecule has 0 atom stereocenters. The molecule has 0 aromatic heterocycles. The van der Waals surface area contributed by atoms with Crippen molar-refractivity contribution in [2.24, 2.45) is 0 Å². The standard InChI is InChI=1S/C7H6BrClFN.2C2H6/c8-11-4-5-2-1-3-6(9)7(5)10;2*1-2/h1-3,11H,4H2;2*1-2H3. The van der Waals surface area contributed by atoms with Crippen LogP contribution in [0.2, 0.25) is 5.02 Å². The molecule has 1 aromatic rings. The van der Waals surface area contributed by atoms with Crippen molar-refractivity contribution in [3.05, 3.63) is 34.6 Å². The van der Waals surface area contributed by atoms with E-state index in [1.807, 2.05) is 27.7 Å². The number of hydrogen-bond acceptors (Lipinski definition) is 1. The Balaban J connectivity index is 0. The highest BCUT2D eigenvalue weighted by Crippen LogP contribution is 2.17. The summed E-state index contributed by atoms with van der Waals surface area (Å²) in [5.74, 6) is -0.360. The van der Waals surface area contributed by atoms with Crippen LogP contribution in [0.5, 0.6) is 0 Å².